The molecule has 0 unspecified atom stereocenters. The number of benzene rings is 2. The third kappa shape index (κ3) is 3.90. The fourth-order valence-corrected chi connectivity index (χ4v) is 4.79. The van der Waals surface area contributed by atoms with Crippen LogP contribution in [0.5, 0.6) is 5.88 Å². The number of ether oxygens (including phenoxy) is 1. The average molecular weight is 434 g/mol. The molecule has 0 spiro atoms. The van der Waals surface area contributed by atoms with Gasteiger partial charge in [-0.2, -0.15) is 0 Å². The summed E-state index contributed by atoms with van der Waals surface area (Å²) in [6, 6.07) is 11.2. The average Bonchev–Trinajstić information content (AvgIpc) is 2.84. The molecule has 2 heterocycles. The molecule has 4 rings (SSSR count). The third-order valence-electron chi connectivity index (χ3n) is 4.50. The van der Waals surface area contributed by atoms with Crippen molar-refractivity contribution >= 4 is 57.5 Å². The van der Waals surface area contributed by atoms with Gasteiger partial charge in [0.25, 0.3) is 5.91 Å². The zero-order chi connectivity index (χ0) is 19.7. The lowest BCUT2D eigenvalue weighted by Gasteiger charge is -2.22. The molecule has 0 saturated heterocycles. The van der Waals surface area contributed by atoms with Crippen molar-refractivity contribution in [3.05, 3.63) is 52.8 Å². The maximum absolute atomic E-state index is 13.0. The van der Waals surface area contributed by atoms with Crippen molar-refractivity contribution in [1.82, 2.24) is 9.97 Å². The minimum Gasteiger partial charge on any atom is -0.467 e. The summed E-state index contributed by atoms with van der Waals surface area (Å²) in [7, 11) is 0. The number of carbonyl (C=O) groups excluding carboxylic acids is 1. The van der Waals surface area contributed by atoms with Gasteiger partial charge in [0, 0.05) is 21.7 Å². The number of nitrogens with zero attached hydrogens (tertiary/aromatic N) is 3. The largest absolute Gasteiger partial charge is 0.467 e. The van der Waals surface area contributed by atoms with E-state index >= 15 is 0 Å². The molecule has 0 fully saturated rings. The summed E-state index contributed by atoms with van der Waals surface area (Å²) in [6.07, 6.45) is 2.27. The maximum Gasteiger partial charge on any atom is 0.265 e. The van der Waals surface area contributed by atoms with Gasteiger partial charge in [0.05, 0.1) is 21.6 Å². The summed E-state index contributed by atoms with van der Waals surface area (Å²) >= 11 is 14.1. The van der Waals surface area contributed by atoms with Crippen molar-refractivity contribution in [2.45, 2.75) is 23.5 Å². The zero-order valence-corrected chi connectivity index (χ0v) is 17.4. The standard InChI is InChI=1S/C20H17Cl2N3O2S/c1-12-6-7-25(16-4-2-3-5-17(16)28-12)18(26)10-27-20-14-8-13(21)9-15(22)19(14)23-11-24-20/h2-5,8-9,11-12H,6-7,10H2,1H3/t12-/m1/s1. The first-order valence-electron chi connectivity index (χ1n) is 8.81. The molecular weight excluding hydrogens is 417 g/mol. The molecule has 0 N–H and O–H groups in total. The van der Waals surface area contributed by atoms with Gasteiger partial charge >= 0.3 is 0 Å². The molecule has 0 radical (unpaired) electrons. The number of para-hydroxylation sites is 1. The molecule has 3 aromatic rings. The molecule has 0 bridgehead atoms. The van der Waals surface area contributed by atoms with Crippen LogP contribution in [0.4, 0.5) is 5.69 Å². The molecule has 0 saturated carbocycles. The number of halogens is 2. The van der Waals surface area contributed by atoms with Crippen LogP contribution >= 0.6 is 35.0 Å². The van der Waals surface area contributed by atoms with E-state index < -0.39 is 0 Å². The Morgan fingerprint density at radius 1 is 1.29 bits per heavy atom. The van der Waals surface area contributed by atoms with Crippen LogP contribution in [0.15, 0.2) is 47.6 Å². The van der Waals surface area contributed by atoms with E-state index in [9.17, 15) is 4.79 Å². The molecule has 8 heteroatoms. The third-order valence-corrected chi connectivity index (χ3v) is 6.24. The molecule has 5 nitrogen and oxygen atoms in total. The normalized spacial score (nSPS) is 16.5. The second-order valence-electron chi connectivity index (χ2n) is 6.48. The first kappa shape index (κ1) is 19.3. The van der Waals surface area contributed by atoms with Crippen molar-refractivity contribution < 1.29 is 9.53 Å². The maximum atomic E-state index is 13.0. The molecular formula is C20H17Cl2N3O2S. The van der Waals surface area contributed by atoms with E-state index in [2.05, 4.69) is 16.9 Å². The van der Waals surface area contributed by atoms with Crippen molar-refractivity contribution in [2.75, 3.05) is 18.1 Å². The Kier molecular flexibility index (Phi) is 5.62. The highest BCUT2D eigenvalue weighted by Crippen LogP contribution is 2.37. The van der Waals surface area contributed by atoms with Crippen molar-refractivity contribution in [1.29, 1.82) is 0 Å². The number of rotatable bonds is 3. The Morgan fingerprint density at radius 3 is 2.96 bits per heavy atom. The number of thioether (sulfide) groups is 1. The first-order chi connectivity index (χ1) is 13.5. The molecule has 2 aromatic carbocycles. The van der Waals surface area contributed by atoms with Crippen LogP contribution in [-0.4, -0.2) is 34.3 Å². The van der Waals surface area contributed by atoms with Gasteiger partial charge in [-0.25, -0.2) is 9.97 Å². The van der Waals surface area contributed by atoms with Gasteiger partial charge in [-0.05, 0) is 30.7 Å². The number of fused-ring (bicyclic) bond motifs is 2. The SMILES string of the molecule is C[C@@H]1CCN(C(=O)COc2ncnc3c(Cl)cc(Cl)cc23)c2ccccc2S1. The lowest BCUT2D eigenvalue weighted by Crippen LogP contribution is -2.36. The van der Waals surface area contributed by atoms with Crippen molar-refractivity contribution in [2.24, 2.45) is 0 Å². The molecule has 1 atom stereocenters. The minimum absolute atomic E-state index is 0.123. The zero-order valence-electron chi connectivity index (χ0n) is 15.1. The Bertz CT molecular complexity index is 1050. The van der Waals surface area contributed by atoms with Gasteiger partial charge in [-0.15, -0.1) is 11.8 Å². The van der Waals surface area contributed by atoms with E-state index in [0.29, 0.717) is 32.7 Å². The Labute approximate surface area is 177 Å². The molecule has 1 aliphatic heterocycles. The topological polar surface area (TPSA) is 55.3 Å². The van der Waals surface area contributed by atoms with Gasteiger partial charge in [0.1, 0.15) is 6.33 Å². The Balaban J connectivity index is 1.58. The monoisotopic (exact) mass is 433 g/mol. The smallest absolute Gasteiger partial charge is 0.265 e. The summed E-state index contributed by atoms with van der Waals surface area (Å²) in [5, 5.41) is 1.88. The summed E-state index contributed by atoms with van der Waals surface area (Å²) < 4.78 is 5.76. The second kappa shape index (κ2) is 8.15. The first-order valence-corrected chi connectivity index (χ1v) is 10.4. The van der Waals surface area contributed by atoms with Crippen LogP contribution in [-0.2, 0) is 4.79 Å². The van der Waals surface area contributed by atoms with Crippen LogP contribution in [0.25, 0.3) is 10.9 Å². The minimum atomic E-state index is -0.135. The predicted octanol–water partition coefficient (Wildman–Crippen LogP) is 5.23. The summed E-state index contributed by atoms with van der Waals surface area (Å²) in [5.74, 6) is 0.163. The van der Waals surface area contributed by atoms with E-state index in [1.54, 1.807) is 28.8 Å². The van der Waals surface area contributed by atoms with Crippen LogP contribution in [0.3, 0.4) is 0 Å². The van der Waals surface area contributed by atoms with E-state index in [-0.39, 0.29) is 18.4 Å². The Hall–Kier alpha value is -2.02. The molecule has 28 heavy (non-hydrogen) atoms. The lowest BCUT2D eigenvalue weighted by atomic mass is 10.2. The highest BCUT2D eigenvalue weighted by atomic mass is 35.5. The van der Waals surface area contributed by atoms with Gasteiger partial charge < -0.3 is 9.64 Å². The number of carbonyl (C=O) groups is 1. The molecule has 1 aromatic heterocycles. The van der Waals surface area contributed by atoms with Crippen LogP contribution in [0.1, 0.15) is 13.3 Å². The highest BCUT2D eigenvalue weighted by Gasteiger charge is 2.24. The highest BCUT2D eigenvalue weighted by molar-refractivity contribution is 8.00. The lowest BCUT2D eigenvalue weighted by molar-refractivity contribution is -0.120. The molecule has 0 aliphatic carbocycles. The number of hydrogen-bond acceptors (Lipinski definition) is 5. The predicted molar refractivity (Wildman–Crippen MR) is 114 cm³/mol. The fraction of sp³-hybridized carbons (Fsp3) is 0.250. The van der Waals surface area contributed by atoms with Crippen LogP contribution < -0.4 is 9.64 Å². The molecule has 1 amide bonds. The van der Waals surface area contributed by atoms with Gasteiger partial charge in [0.2, 0.25) is 5.88 Å². The van der Waals surface area contributed by atoms with Crippen LogP contribution in [0.2, 0.25) is 10.0 Å². The van der Waals surface area contributed by atoms with Crippen LogP contribution in [0, 0.1) is 0 Å². The van der Waals surface area contributed by atoms with E-state index in [1.807, 2.05) is 24.3 Å². The number of hydrogen-bond donors (Lipinski definition) is 0. The number of anilines is 1. The molecule has 144 valence electrons. The molecule has 1 aliphatic rings. The summed E-state index contributed by atoms with van der Waals surface area (Å²) in [6.45, 7) is 2.69. The second-order valence-corrected chi connectivity index (χ2v) is 8.81. The van der Waals surface area contributed by atoms with Crippen molar-refractivity contribution in [3.63, 3.8) is 0 Å². The van der Waals surface area contributed by atoms with E-state index in [1.165, 1.54) is 6.33 Å². The number of amides is 1. The van der Waals surface area contributed by atoms with E-state index in [4.69, 9.17) is 27.9 Å². The number of aromatic nitrogens is 2. The van der Waals surface area contributed by atoms with Gasteiger partial charge in [-0.1, -0.05) is 42.3 Å². The quantitative estimate of drug-likeness (QED) is 0.565. The van der Waals surface area contributed by atoms with E-state index in [0.717, 1.165) is 17.0 Å². The Morgan fingerprint density at radius 2 is 2.11 bits per heavy atom. The fourth-order valence-electron chi connectivity index (χ4n) is 3.14. The van der Waals surface area contributed by atoms with Gasteiger partial charge in [0.15, 0.2) is 6.61 Å². The van der Waals surface area contributed by atoms with Gasteiger partial charge in [-0.3, -0.25) is 4.79 Å². The summed E-state index contributed by atoms with van der Waals surface area (Å²) in [4.78, 5) is 24.2. The summed E-state index contributed by atoms with van der Waals surface area (Å²) in [5.41, 5.74) is 1.46. The van der Waals surface area contributed by atoms with Crippen molar-refractivity contribution in [3.8, 4) is 5.88 Å².